The smallest absolute Gasteiger partial charge is 0.291 e. The van der Waals surface area contributed by atoms with E-state index in [4.69, 9.17) is 14.9 Å². The molecule has 1 aliphatic rings. The van der Waals surface area contributed by atoms with Gasteiger partial charge >= 0.3 is 0 Å². The molecule has 1 saturated heterocycles. The van der Waals surface area contributed by atoms with E-state index >= 15 is 0 Å². The zero-order valence-electron chi connectivity index (χ0n) is 11.7. The molecule has 3 rings (SSSR count). The lowest BCUT2D eigenvalue weighted by Gasteiger charge is -2.32. The van der Waals surface area contributed by atoms with Crippen molar-refractivity contribution < 1.29 is 13.9 Å². The minimum Gasteiger partial charge on any atom is -0.438 e. The fourth-order valence-electron chi connectivity index (χ4n) is 2.38. The number of hydrogen-bond acceptors (Lipinski definition) is 6. The first-order valence-corrected chi connectivity index (χ1v) is 6.67. The van der Waals surface area contributed by atoms with Gasteiger partial charge in [-0.2, -0.15) is 0 Å². The first-order chi connectivity index (χ1) is 10.1. The van der Waals surface area contributed by atoms with Gasteiger partial charge < -0.3 is 19.8 Å². The molecule has 0 saturated carbocycles. The second-order valence-corrected chi connectivity index (χ2v) is 4.94. The number of hydrogen-bond donors (Lipinski definition) is 1. The maximum absolute atomic E-state index is 12.3. The van der Waals surface area contributed by atoms with Gasteiger partial charge in [0.05, 0.1) is 25.0 Å². The minimum atomic E-state index is -0.284. The van der Waals surface area contributed by atoms with E-state index in [-0.39, 0.29) is 17.8 Å². The Morgan fingerprint density at radius 3 is 3.05 bits per heavy atom. The molecular formula is C14H16N4O3. The number of amides is 1. The molecule has 0 radical (unpaired) electrons. The van der Waals surface area contributed by atoms with E-state index in [9.17, 15) is 4.79 Å². The van der Waals surface area contributed by atoms with Crippen LogP contribution in [0, 0.1) is 6.92 Å². The third kappa shape index (κ3) is 2.87. The maximum atomic E-state index is 12.3. The lowest BCUT2D eigenvalue weighted by molar-refractivity contribution is -0.0256. The van der Waals surface area contributed by atoms with Gasteiger partial charge in [0, 0.05) is 17.9 Å². The lowest BCUT2D eigenvalue weighted by atomic mass is 10.1. The fourth-order valence-corrected chi connectivity index (χ4v) is 2.38. The third-order valence-electron chi connectivity index (χ3n) is 3.32. The van der Waals surface area contributed by atoms with E-state index in [0.717, 1.165) is 11.4 Å². The number of oxazole rings is 1. The molecule has 0 aliphatic carbocycles. The number of aryl methyl sites for hydroxylation is 1. The summed E-state index contributed by atoms with van der Waals surface area (Å²) in [4.78, 5) is 22.1. The number of nitrogen functional groups attached to an aromatic ring is 1. The second kappa shape index (κ2) is 5.53. The van der Waals surface area contributed by atoms with Gasteiger partial charge in [-0.1, -0.05) is 0 Å². The van der Waals surface area contributed by atoms with Crippen molar-refractivity contribution in [2.24, 2.45) is 0 Å². The molecule has 21 heavy (non-hydrogen) atoms. The molecule has 1 fully saturated rings. The Morgan fingerprint density at radius 2 is 2.33 bits per heavy atom. The zero-order chi connectivity index (χ0) is 14.8. The summed E-state index contributed by atoms with van der Waals surface area (Å²) in [6.07, 6.45) is 2.37. The standard InChI is InChI=1S/C14H16N4O3/c1-9-4-10(15)5-11(17-9)13-7-18(2-3-20-13)14(19)12-6-16-8-21-12/h4-6,8,13H,2-3,7H2,1H3,(H2,15,17)/t13-/m1/s1. The molecule has 0 bridgehead atoms. The summed E-state index contributed by atoms with van der Waals surface area (Å²) in [6.45, 7) is 3.24. The molecule has 1 aliphatic heterocycles. The Labute approximate surface area is 121 Å². The largest absolute Gasteiger partial charge is 0.438 e. The number of carbonyl (C=O) groups excluding carboxylic acids is 1. The highest BCUT2D eigenvalue weighted by Crippen LogP contribution is 2.23. The Kier molecular flexibility index (Phi) is 3.57. The second-order valence-electron chi connectivity index (χ2n) is 4.94. The topological polar surface area (TPSA) is 94.5 Å². The maximum Gasteiger partial charge on any atom is 0.291 e. The molecule has 7 heteroatoms. The van der Waals surface area contributed by atoms with Crippen LogP contribution in [0.2, 0.25) is 0 Å². The molecule has 2 aromatic heterocycles. The van der Waals surface area contributed by atoms with Gasteiger partial charge in [-0.15, -0.1) is 0 Å². The van der Waals surface area contributed by atoms with Crippen LogP contribution in [0.25, 0.3) is 0 Å². The van der Waals surface area contributed by atoms with Gasteiger partial charge in [0.2, 0.25) is 5.76 Å². The van der Waals surface area contributed by atoms with E-state index in [2.05, 4.69) is 9.97 Å². The summed E-state index contributed by atoms with van der Waals surface area (Å²) in [6, 6.07) is 3.57. The van der Waals surface area contributed by atoms with Crippen LogP contribution in [0.15, 0.2) is 29.1 Å². The van der Waals surface area contributed by atoms with Crippen LogP contribution < -0.4 is 5.73 Å². The summed E-state index contributed by atoms with van der Waals surface area (Å²) in [5.74, 6) is 0.0359. The van der Waals surface area contributed by atoms with E-state index in [0.29, 0.717) is 25.4 Å². The molecule has 1 atom stereocenters. The van der Waals surface area contributed by atoms with Crippen LogP contribution >= 0.6 is 0 Å². The summed E-state index contributed by atoms with van der Waals surface area (Å²) >= 11 is 0. The molecular weight excluding hydrogens is 272 g/mol. The van der Waals surface area contributed by atoms with Gasteiger partial charge in [-0.05, 0) is 19.1 Å². The van der Waals surface area contributed by atoms with Crippen molar-refractivity contribution >= 4 is 11.6 Å². The number of pyridine rings is 1. The first kappa shape index (κ1) is 13.6. The summed E-state index contributed by atoms with van der Waals surface area (Å²) in [5, 5.41) is 0. The van der Waals surface area contributed by atoms with Crippen molar-refractivity contribution in [1.29, 1.82) is 0 Å². The SMILES string of the molecule is Cc1cc(N)cc([C@H]2CN(C(=O)c3cnco3)CCO2)n1. The Bertz CT molecular complexity index is 621. The number of anilines is 1. The number of nitrogens with zero attached hydrogens (tertiary/aromatic N) is 3. The summed E-state index contributed by atoms with van der Waals surface area (Å²) in [7, 11) is 0. The van der Waals surface area contributed by atoms with Gasteiger partial charge in [0.15, 0.2) is 6.39 Å². The molecule has 0 spiro atoms. The van der Waals surface area contributed by atoms with Crippen LogP contribution in [0.3, 0.4) is 0 Å². The van der Waals surface area contributed by atoms with Crippen LogP contribution in [0.4, 0.5) is 5.69 Å². The van der Waals surface area contributed by atoms with Crippen molar-refractivity contribution in [3.63, 3.8) is 0 Å². The van der Waals surface area contributed by atoms with Crippen LogP contribution in [-0.4, -0.2) is 40.5 Å². The molecule has 0 aromatic carbocycles. The highest BCUT2D eigenvalue weighted by atomic mass is 16.5. The Morgan fingerprint density at radius 1 is 1.48 bits per heavy atom. The number of carbonyl (C=O) groups is 1. The average Bonchev–Trinajstić information content (AvgIpc) is 3.00. The quantitative estimate of drug-likeness (QED) is 0.891. The number of ether oxygens (including phenoxy) is 1. The molecule has 2 N–H and O–H groups in total. The van der Waals surface area contributed by atoms with Gasteiger partial charge in [-0.3, -0.25) is 9.78 Å². The molecule has 1 amide bonds. The molecule has 110 valence electrons. The van der Waals surface area contributed by atoms with Crippen LogP contribution in [0.5, 0.6) is 0 Å². The Balaban J connectivity index is 1.78. The predicted octanol–water partition coefficient (Wildman–Crippen LogP) is 1.17. The Hall–Kier alpha value is -2.41. The van der Waals surface area contributed by atoms with Crippen LogP contribution in [0.1, 0.15) is 28.0 Å². The zero-order valence-corrected chi connectivity index (χ0v) is 11.7. The fraction of sp³-hybridized carbons (Fsp3) is 0.357. The normalized spacial score (nSPS) is 18.7. The van der Waals surface area contributed by atoms with E-state index in [1.807, 2.05) is 6.92 Å². The molecule has 0 unspecified atom stereocenters. The molecule has 3 heterocycles. The average molecular weight is 288 g/mol. The van der Waals surface area contributed by atoms with E-state index < -0.39 is 0 Å². The summed E-state index contributed by atoms with van der Waals surface area (Å²) in [5.41, 5.74) is 8.04. The number of nitrogens with two attached hydrogens (primary N) is 1. The number of morpholine rings is 1. The van der Waals surface area contributed by atoms with Crippen molar-refractivity contribution in [3.8, 4) is 0 Å². The highest BCUT2D eigenvalue weighted by molar-refractivity contribution is 5.91. The monoisotopic (exact) mass is 288 g/mol. The molecule has 7 nitrogen and oxygen atoms in total. The predicted molar refractivity (Wildman–Crippen MR) is 74.5 cm³/mol. The van der Waals surface area contributed by atoms with Crippen molar-refractivity contribution in [2.75, 3.05) is 25.4 Å². The third-order valence-corrected chi connectivity index (χ3v) is 3.32. The van der Waals surface area contributed by atoms with E-state index in [1.54, 1.807) is 17.0 Å². The van der Waals surface area contributed by atoms with Crippen molar-refractivity contribution in [3.05, 3.63) is 41.9 Å². The number of aromatic nitrogens is 2. The minimum absolute atomic E-state index is 0.193. The van der Waals surface area contributed by atoms with Gasteiger partial charge in [0.25, 0.3) is 5.91 Å². The summed E-state index contributed by atoms with van der Waals surface area (Å²) < 4.78 is 10.8. The lowest BCUT2D eigenvalue weighted by Crippen LogP contribution is -2.42. The first-order valence-electron chi connectivity index (χ1n) is 6.67. The van der Waals surface area contributed by atoms with Gasteiger partial charge in [-0.25, -0.2) is 4.98 Å². The van der Waals surface area contributed by atoms with Crippen LogP contribution in [-0.2, 0) is 4.74 Å². The highest BCUT2D eigenvalue weighted by Gasteiger charge is 2.28. The van der Waals surface area contributed by atoms with Crippen molar-refractivity contribution in [2.45, 2.75) is 13.0 Å². The molecule has 2 aromatic rings. The van der Waals surface area contributed by atoms with Gasteiger partial charge in [0.1, 0.15) is 6.10 Å². The van der Waals surface area contributed by atoms with Crippen molar-refractivity contribution in [1.82, 2.24) is 14.9 Å². The van der Waals surface area contributed by atoms with E-state index in [1.165, 1.54) is 12.6 Å². The number of rotatable bonds is 2.